The van der Waals surface area contributed by atoms with Gasteiger partial charge in [-0.15, -0.1) is 0 Å². The molecule has 5 atom stereocenters. The fraction of sp³-hybridized carbons (Fsp3) is 0.528. The van der Waals surface area contributed by atoms with E-state index in [1.54, 1.807) is 6.20 Å². The number of allylic oxidation sites excluding steroid dienone is 5. The van der Waals surface area contributed by atoms with Crippen LogP contribution in [0.15, 0.2) is 66.9 Å². The van der Waals surface area contributed by atoms with Crippen LogP contribution in [0.4, 0.5) is 0 Å². The molecule has 0 aromatic heterocycles. The van der Waals surface area contributed by atoms with Crippen molar-refractivity contribution in [3.63, 3.8) is 0 Å². The van der Waals surface area contributed by atoms with Crippen molar-refractivity contribution in [2.45, 2.75) is 82.3 Å². The van der Waals surface area contributed by atoms with E-state index in [1.807, 2.05) is 12.1 Å². The Bertz CT molecular complexity index is 1470. The first-order chi connectivity index (χ1) is 20.6. The maximum absolute atomic E-state index is 12.9. The van der Waals surface area contributed by atoms with Crippen LogP contribution in [-0.2, 0) is 0 Å². The van der Waals surface area contributed by atoms with Crippen molar-refractivity contribution in [2.24, 2.45) is 11.3 Å². The number of nitrogens with one attached hydrogen (secondary N) is 1. The van der Waals surface area contributed by atoms with Crippen LogP contribution >= 0.6 is 0 Å². The van der Waals surface area contributed by atoms with Gasteiger partial charge in [0.2, 0.25) is 0 Å². The average molecular weight is 567 g/mol. The van der Waals surface area contributed by atoms with Crippen molar-refractivity contribution in [2.75, 3.05) is 26.2 Å². The molecule has 1 aliphatic carbocycles. The Labute approximate surface area is 250 Å². The molecule has 1 aromatic carbocycles. The molecular weight excluding hydrogens is 520 g/mol. The molecule has 0 radical (unpaired) electrons. The Kier molecular flexibility index (Phi) is 7.72. The molecule has 3 N–H and O–H groups in total. The van der Waals surface area contributed by atoms with E-state index in [0.717, 1.165) is 105 Å². The first-order valence-electron chi connectivity index (χ1n) is 16.4. The van der Waals surface area contributed by atoms with Crippen molar-refractivity contribution in [3.05, 3.63) is 72.6 Å². The van der Waals surface area contributed by atoms with Crippen molar-refractivity contribution in [3.8, 4) is 11.3 Å². The zero-order chi connectivity index (χ0) is 28.6. The maximum atomic E-state index is 12.9. The number of hydrogen-bond donors (Lipinski definition) is 3. The third kappa shape index (κ3) is 4.91. The highest BCUT2D eigenvalue weighted by molar-refractivity contribution is 6.00. The summed E-state index contributed by atoms with van der Waals surface area (Å²) in [5.74, 6) is 0.199. The fourth-order valence-corrected chi connectivity index (χ4v) is 8.75. The smallest absolute Gasteiger partial charge is 0.109 e. The van der Waals surface area contributed by atoms with Crippen LogP contribution < -0.4 is 5.32 Å². The quantitative estimate of drug-likeness (QED) is 0.223. The Morgan fingerprint density at radius 1 is 0.881 bits per heavy atom. The second-order valence-corrected chi connectivity index (χ2v) is 13.2. The van der Waals surface area contributed by atoms with Crippen LogP contribution in [-0.4, -0.2) is 62.7 Å². The molecule has 1 spiro atoms. The maximum Gasteiger partial charge on any atom is 0.109 e. The number of aliphatic hydroxyl groups is 1. The lowest BCUT2D eigenvalue weighted by atomic mass is 9.53. The lowest BCUT2D eigenvalue weighted by molar-refractivity contribution is -0.0801. The van der Waals surface area contributed by atoms with Crippen LogP contribution in [0.2, 0.25) is 0 Å². The van der Waals surface area contributed by atoms with Crippen LogP contribution in [0.5, 0.6) is 0 Å². The van der Waals surface area contributed by atoms with E-state index in [1.165, 1.54) is 24.0 Å². The Balaban J connectivity index is 1.45. The summed E-state index contributed by atoms with van der Waals surface area (Å²) in [7, 11) is 0. The summed E-state index contributed by atoms with van der Waals surface area (Å²) >= 11 is 0. The molecule has 1 unspecified atom stereocenters. The van der Waals surface area contributed by atoms with E-state index >= 15 is 0 Å². The van der Waals surface area contributed by atoms with Gasteiger partial charge in [0.25, 0.3) is 0 Å². The minimum absolute atomic E-state index is 0.0553. The van der Waals surface area contributed by atoms with Gasteiger partial charge in [0.15, 0.2) is 0 Å². The number of nitrogens with zero attached hydrogens (tertiary/aromatic N) is 3. The number of benzene rings is 1. The molecule has 222 valence electrons. The van der Waals surface area contributed by atoms with E-state index < -0.39 is 5.60 Å². The highest BCUT2D eigenvalue weighted by atomic mass is 16.5. The molecule has 5 aliphatic heterocycles. The standard InChI is InChI=1S/C36H46N4O2/c41-36-20-12-6-2-4-8-14-22-39-23-18-30(35(26-39)19-11-5-1-3-7-13-21-37-34(35)36)29(25-36)33-32-28(17-24-40(33)42)27-15-9-10-16-31(27)38-32/h1-2,5-6,9-10,15-17,24-25,30,34,37,41-42H,3-4,7-8,11-14,18-23,26H2/t30-,34+,35-,36-/m0/s1. The van der Waals surface area contributed by atoms with Gasteiger partial charge in [-0.3, -0.25) is 0 Å². The molecule has 7 rings (SSSR count). The molecule has 1 saturated heterocycles. The van der Waals surface area contributed by atoms with Gasteiger partial charge in [0, 0.05) is 35.1 Å². The summed E-state index contributed by atoms with van der Waals surface area (Å²) in [5.41, 5.74) is 3.43. The van der Waals surface area contributed by atoms with Crippen LogP contribution in [0.1, 0.15) is 76.3 Å². The summed E-state index contributed by atoms with van der Waals surface area (Å²) in [4.78, 5) is 7.77. The van der Waals surface area contributed by atoms with Crippen molar-refractivity contribution in [1.82, 2.24) is 19.9 Å². The topological polar surface area (TPSA) is 73.5 Å². The van der Waals surface area contributed by atoms with Crippen molar-refractivity contribution < 1.29 is 10.3 Å². The van der Waals surface area contributed by atoms with Gasteiger partial charge in [-0.25, -0.2) is 4.98 Å². The monoisotopic (exact) mass is 566 g/mol. The molecule has 6 heteroatoms. The lowest BCUT2D eigenvalue weighted by Crippen LogP contribution is -2.68. The highest BCUT2D eigenvalue weighted by Crippen LogP contribution is 2.57. The number of aromatic nitrogens is 2. The third-order valence-electron chi connectivity index (χ3n) is 10.7. The van der Waals surface area contributed by atoms with E-state index in [-0.39, 0.29) is 17.4 Å². The molecule has 0 saturated carbocycles. The Morgan fingerprint density at radius 3 is 2.55 bits per heavy atom. The lowest BCUT2D eigenvalue weighted by Gasteiger charge is -2.60. The molecule has 6 nitrogen and oxygen atoms in total. The number of piperidine rings is 1. The van der Waals surface area contributed by atoms with Gasteiger partial charge in [-0.05, 0) is 120 Å². The van der Waals surface area contributed by atoms with Gasteiger partial charge < -0.3 is 20.5 Å². The summed E-state index contributed by atoms with van der Waals surface area (Å²) in [5, 5.41) is 29.6. The number of para-hydroxylation sites is 1. The second-order valence-electron chi connectivity index (χ2n) is 13.2. The summed E-state index contributed by atoms with van der Waals surface area (Å²) in [6.07, 6.45) is 24.7. The van der Waals surface area contributed by atoms with Crippen molar-refractivity contribution >= 4 is 16.5 Å². The molecule has 1 aromatic rings. The van der Waals surface area contributed by atoms with E-state index in [9.17, 15) is 10.3 Å². The zero-order valence-corrected chi connectivity index (χ0v) is 24.8. The molecule has 5 heterocycles. The van der Waals surface area contributed by atoms with Crippen LogP contribution in [0, 0.1) is 11.3 Å². The van der Waals surface area contributed by atoms with Gasteiger partial charge in [-0.2, -0.15) is 4.73 Å². The average Bonchev–Trinajstić information content (AvgIpc) is 3.34. The summed E-state index contributed by atoms with van der Waals surface area (Å²) in [6, 6.07) is 10.2. The minimum atomic E-state index is -1.05. The molecule has 42 heavy (non-hydrogen) atoms. The molecule has 1 fully saturated rings. The minimum Gasteiger partial charge on any atom is -0.428 e. The Hall–Kier alpha value is -2.93. The molecule has 0 amide bonds. The van der Waals surface area contributed by atoms with Gasteiger partial charge in [0.1, 0.15) is 5.69 Å². The SMILES string of the molecule is On1ccc2c3ccccc3nc-2c1C1=C[C@@]2(O)CCC=CCCCCN3CC[C@@H]1[C@]1(CCC=CCCCCN[C@H]12)C3. The summed E-state index contributed by atoms with van der Waals surface area (Å²) < 4.78 is 1.29. The number of rotatable bonds is 1. The molecule has 6 aliphatic rings. The summed E-state index contributed by atoms with van der Waals surface area (Å²) in [6.45, 7) is 4.03. The first-order valence-corrected chi connectivity index (χ1v) is 16.4. The Morgan fingerprint density at radius 2 is 1.67 bits per heavy atom. The largest absolute Gasteiger partial charge is 0.428 e. The van der Waals surface area contributed by atoms with Crippen LogP contribution in [0.25, 0.3) is 27.7 Å². The first kappa shape index (κ1) is 27.9. The predicted molar refractivity (Wildman–Crippen MR) is 170 cm³/mol. The number of pyridine rings is 1. The third-order valence-corrected chi connectivity index (χ3v) is 10.7. The second kappa shape index (κ2) is 11.6. The fourth-order valence-electron chi connectivity index (χ4n) is 8.75. The van der Waals surface area contributed by atoms with Gasteiger partial charge in [-0.1, -0.05) is 42.5 Å². The normalized spacial score (nSPS) is 32.8. The van der Waals surface area contributed by atoms with Gasteiger partial charge >= 0.3 is 0 Å². The predicted octanol–water partition coefficient (Wildman–Crippen LogP) is 6.81. The molecule has 3 bridgehead atoms. The zero-order valence-electron chi connectivity index (χ0n) is 24.8. The van der Waals surface area contributed by atoms with Crippen LogP contribution in [0.3, 0.4) is 0 Å². The van der Waals surface area contributed by atoms with E-state index in [4.69, 9.17) is 4.98 Å². The van der Waals surface area contributed by atoms with Gasteiger partial charge in [0.05, 0.1) is 16.8 Å². The number of fused-ring (bicyclic) bond motifs is 4. The number of hydrogen-bond acceptors (Lipinski definition) is 5. The molecular formula is C36H46N4O2. The van der Waals surface area contributed by atoms with E-state index in [0.29, 0.717) is 6.42 Å². The van der Waals surface area contributed by atoms with E-state index in [2.05, 4.69) is 58.8 Å². The van der Waals surface area contributed by atoms with Crippen molar-refractivity contribution in [1.29, 1.82) is 0 Å². The highest BCUT2D eigenvalue weighted by Gasteiger charge is 2.59.